The molecule has 0 unspecified atom stereocenters. The summed E-state index contributed by atoms with van der Waals surface area (Å²) in [7, 11) is 0. The molecule has 0 amide bonds. The second kappa shape index (κ2) is 13.9. The summed E-state index contributed by atoms with van der Waals surface area (Å²) in [5, 5.41) is 4.78. The number of rotatable bonds is 6. The molecule has 302 valence electrons. The molecule has 1 aliphatic carbocycles. The Labute approximate surface area is 372 Å². The van der Waals surface area contributed by atoms with E-state index in [-0.39, 0.29) is 5.41 Å². The minimum Gasteiger partial charge on any atom is -0.456 e. The molecule has 3 heteroatoms. The molecule has 0 fully saturated rings. The molecule has 3 nitrogen and oxygen atoms in total. The highest BCUT2D eigenvalue weighted by molar-refractivity contribution is 6.12. The minimum absolute atomic E-state index is 0.0890. The van der Waals surface area contributed by atoms with Crippen molar-refractivity contribution < 1.29 is 4.74 Å². The molecular weight excluding hydrogens is 777 g/mol. The van der Waals surface area contributed by atoms with E-state index < -0.39 is 0 Å². The molecule has 1 aliphatic heterocycles. The van der Waals surface area contributed by atoms with Crippen molar-refractivity contribution in [2.45, 2.75) is 19.3 Å². The molecule has 2 aliphatic rings. The van der Waals surface area contributed by atoms with Gasteiger partial charge in [0, 0.05) is 49.9 Å². The molecule has 0 spiro atoms. The van der Waals surface area contributed by atoms with Crippen LogP contribution in [-0.2, 0) is 5.41 Å². The van der Waals surface area contributed by atoms with E-state index in [0.29, 0.717) is 0 Å². The molecule has 13 rings (SSSR count). The third-order valence-electron chi connectivity index (χ3n) is 13.8. The number of hydrogen-bond acceptors (Lipinski definition) is 2. The summed E-state index contributed by atoms with van der Waals surface area (Å²) < 4.78 is 8.89. The van der Waals surface area contributed by atoms with Crippen molar-refractivity contribution in [3.05, 3.63) is 230 Å². The molecule has 64 heavy (non-hydrogen) atoms. The zero-order valence-corrected chi connectivity index (χ0v) is 35.6. The Bertz CT molecular complexity index is 3650. The van der Waals surface area contributed by atoms with Crippen LogP contribution in [0.3, 0.4) is 0 Å². The van der Waals surface area contributed by atoms with Gasteiger partial charge in [-0.15, -0.1) is 0 Å². The molecule has 11 aromatic rings. The summed E-state index contributed by atoms with van der Waals surface area (Å²) in [5.41, 5.74) is 19.2. The van der Waals surface area contributed by atoms with Crippen LogP contribution in [0.4, 0.5) is 17.1 Å². The Kier molecular flexibility index (Phi) is 7.95. The van der Waals surface area contributed by atoms with E-state index in [2.05, 4.69) is 236 Å². The monoisotopic (exact) mass is 818 g/mol. The molecule has 0 bridgehead atoms. The van der Waals surface area contributed by atoms with Gasteiger partial charge in [-0.05, 0) is 128 Å². The van der Waals surface area contributed by atoms with Gasteiger partial charge in [-0.3, -0.25) is 0 Å². The van der Waals surface area contributed by atoms with Crippen molar-refractivity contribution in [2.24, 2.45) is 0 Å². The van der Waals surface area contributed by atoms with Crippen LogP contribution in [0.15, 0.2) is 218 Å². The molecule has 10 aromatic carbocycles. The van der Waals surface area contributed by atoms with Crippen molar-refractivity contribution in [1.82, 2.24) is 4.57 Å². The van der Waals surface area contributed by atoms with E-state index in [0.717, 1.165) is 45.1 Å². The quantitative estimate of drug-likeness (QED) is 0.166. The number of para-hydroxylation sites is 2. The van der Waals surface area contributed by atoms with Gasteiger partial charge in [0.05, 0.1) is 11.0 Å². The van der Waals surface area contributed by atoms with E-state index in [4.69, 9.17) is 4.74 Å². The summed E-state index contributed by atoms with van der Waals surface area (Å²) >= 11 is 0. The lowest BCUT2D eigenvalue weighted by Crippen LogP contribution is -2.15. The molecule has 0 radical (unpaired) electrons. The van der Waals surface area contributed by atoms with Gasteiger partial charge in [-0.2, -0.15) is 0 Å². The summed E-state index contributed by atoms with van der Waals surface area (Å²) in [6.45, 7) is 4.71. The lowest BCUT2D eigenvalue weighted by Gasteiger charge is -2.26. The predicted octanol–water partition coefficient (Wildman–Crippen LogP) is 16.8. The summed E-state index contributed by atoms with van der Waals surface area (Å²) in [6.07, 6.45) is 0. The van der Waals surface area contributed by atoms with Crippen LogP contribution in [0, 0.1) is 0 Å². The first-order valence-corrected chi connectivity index (χ1v) is 22.2. The Balaban J connectivity index is 0.944. The molecule has 0 saturated heterocycles. The van der Waals surface area contributed by atoms with Crippen LogP contribution in [0.25, 0.3) is 82.8 Å². The molecule has 0 saturated carbocycles. The Morgan fingerprint density at radius 1 is 0.375 bits per heavy atom. The predicted molar refractivity (Wildman–Crippen MR) is 267 cm³/mol. The van der Waals surface area contributed by atoms with Gasteiger partial charge < -0.3 is 14.2 Å². The van der Waals surface area contributed by atoms with Crippen molar-refractivity contribution in [1.29, 1.82) is 0 Å². The van der Waals surface area contributed by atoms with Crippen LogP contribution in [-0.4, -0.2) is 4.57 Å². The molecular formula is C61H42N2O. The zero-order chi connectivity index (χ0) is 42.5. The highest BCUT2D eigenvalue weighted by Crippen LogP contribution is 2.51. The Hall–Kier alpha value is -8.14. The van der Waals surface area contributed by atoms with E-state index in [9.17, 15) is 0 Å². The average molecular weight is 819 g/mol. The van der Waals surface area contributed by atoms with Crippen molar-refractivity contribution in [3.8, 4) is 61.7 Å². The smallest absolute Gasteiger partial charge is 0.135 e. The van der Waals surface area contributed by atoms with Crippen LogP contribution < -0.4 is 9.64 Å². The first-order valence-electron chi connectivity index (χ1n) is 22.2. The van der Waals surface area contributed by atoms with Crippen LogP contribution in [0.1, 0.15) is 25.0 Å². The first-order chi connectivity index (χ1) is 31.5. The van der Waals surface area contributed by atoms with E-state index in [1.165, 1.54) is 77.4 Å². The lowest BCUT2D eigenvalue weighted by molar-refractivity contribution is 0.487. The van der Waals surface area contributed by atoms with Gasteiger partial charge in [0.25, 0.3) is 0 Å². The fourth-order valence-corrected chi connectivity index (χ4v) is 10.7. The van der Waals surface area contributed by atoms with Crippen LogP contribution in [0.2, 0.25) is 0 Å². The third kappa shape index (κ3) is 5.47. The highest BCUT2D eigenvalue weighted by Gasteiger charge is 2.35. The summed E-state index contributed by atoms with van der Waals surface area (Å²) in [5.74, 6) is 1.80. The van der Waals surface area contributed by atoms with Crippen LogP contribution in [0.5, 0.6) is 11.5 Å². The SMILES string of the molecule is CC1(C)c2ccccc2-c2ccc(-n3c4ccccc4c4cc(N(c5ccc(-c6ccccc6)cc5)c5ccc(-c6ccc7c8c(cccc68)Oc6ccccc6-7)cc5)ccc43)cc21. The fourth-order valence-electron chi connectivity index (χ4n) is 10.7. The Morgan fingerprint density at radius 2 is 0.969 bits per heavy atom. The number of aromatic nitrogens is 1. The van der Waals surface area contributed by atoms with Gasteiger partial charge in [-0.25, -0.2) is 0 Å². The number of anilines is 3. The van der Waals surface area contributed by atoms with Gasteiger partial charge in [0.15, 0.2) is 0 Å². The number of ether oxygens (including phenoxy) is 1. The van der Waals surface area contributed by atoms with E-state index in [1.54, 1.807) is 0 Å². The average Bonchev–Trinajstić information content (AvgIpc) is 3.80. The van der Waals surface area contributed by atoms with Crippen LogP contribution >= 0.6 is 0 Å². The van der Waals surface area contributed by atoms with Gasteiger partial charge in [-0.1, -0.05) is 159 Å². The topological polar surface area (TPSA) is 17.4 Å². The maximum atomic E-state index is 6.44. The van der Waals surface area contributed by atoms with E-state index >= 15 is 0 Å². The molecule has 0 atom stereocenters. The maximum absolute atomic E-state index is 6.44. The molecule has 2 heterocycles. The number of hydrogen-bond donors (Lipinski definition) is 0. The fraction of sp³-hybridized carbons (Fsp3) is 0.0492. The first kappa shape index (κ1) is 36.5. The van der Waals surface area contributed by atoms with Crippen molar-refractivity contribution >= 4 is 49.6 Å². The van der Waals surface area contributed by atoms with Gasteiger partial charge >= 0.3 is 0 Å². The second-order valence-electron chi connectivity index (χ2n) is 17.7. The minimum atomic E-state index is -0.0890. The molecule has 1 aromatic heterocycles. The number of benzene rings is 10. The standard InChI is InChI=1S/C61H42N2O/c1-61(2)54-19-9-6-15-47(54)48-33-31-45(38-55(48)61)63-56-20-10-7-16-49(56)53-37-44(32-36-57(53)63)62(42-27-23-40(24-28-42)39-13-4-3-5-14-39)43-29-25-41(26-30-43)46-34-35-52-50-17-8-11-21-58(50)64-59-22-12-18-51(46)60(52)59/h3-38H,1-2H3. The maximum Gasteiger partial charge on any atom is 0.135 e. The largest absolute Gasteiger partial charge is 0.456 e. The van der Waals surface area contributed by atoms with Crippen molar-refractivity contribution in [2.75, 3.05) is 4.90 Å². The van der Waals surface area contributed by atoms with Gasteiger partial charge in [0.2, 0.25) is 0 Å². The van der Waals surface area contributed by atoms with Gasteiger partial charge in [0.1, 0.15) is 11.5 Å². The Morgan fingerprint density at radius 3 is 1.80 bits per heavy atom. The summed E-state index contributed by atoms with van der Waals surface area (Å²) in [4.78, 5) is 2.39. The van der Waals surface area contributed by atoms with Crippen molar-refractivity contribution in [3.63, 3.8) is 0 Å². The lowest BCUT2D eigenvalue weighted by atomic mass is 9.82. The third-order valence-corrected chi connectivity index (χ3v) is 13.8. The zero-order valence-electron chi connectivity index (χ0n) is 35.6. The normalized spacial score (nSPS) is 13.1. The number of nitrogens with zero attached hydrogens (tertiary/aromatic N) is 2. The number of fused-ring (bicyclic) bond motifs is 8. The second-order valence-corrected chi connectivity index (χ2v) is 17.7. The molecule has 0 N–H and O–H groups in total. The van der Waals surface area contributed by atoms with E-state index in [1.807, 2.05) is 6.07 Å². The summed E-state index contributed by atoms with van der Waals surface area (Å²) in [6, 6.07) is 79.6. The highest BCUT2D eigenvalue weighted by atomic mass is 16.5.